The summed E-state index contributed by atoms with van der Waals surface area (Å²) in [5.74, 6) is -1.42. The highest BCUT2D eigenvalue weighted by Gasteiger charge is 2.36. The van der Waals surface area contributed by atoms with Gasteiger partial charge in [-0.25, -0.2) is 0 Å². The van der Waals surface area contributed by atoms with E-state index in [1.807, 2.05) is 0 Å². The number of carbonyl (C=O) groups excluding carboxylic acids is 3. The number of ether oxygens (including phenoxy) is 1. The van der Waals surface area contributed by atoms with E-state index in [-0.39, 0.29) is 17.9 Å². The molecule has 2 rings (SSSR count). The van der Waals surface area contributed by atoms with Crippen molar-refractivity contribution < 1.29 is 19.1 Å². The summed E-state index contributed by atoms with van der Waals surface area (Å²) in [4.78, 5) is 40.3. The normalized spacial score (nSPS) is 25.1. The summed E-state index contributed by atoms with van der Waals surface area (Å²) in [6.45, 7) is 5.68. The molecule has 0 aromatic carbocycles. The van der Waals surface area contributed by atoms with Crippen molar-refractivity contribution in [3.63, 3.8) is 0 Å². The first kappa shape index (κ1) is 17.8. The van der Waals surface area contributed by atoms with Gasteiger partial charge in [-0.2, -0.15) is 0 Å². The molecule has 2 atom stereocenters. The zero-order valence-corrected chi connectivity index (χ0v) is 14.3. The molecule has 0 aromatic rings. The van der Waals surface area contributed by atoms with Crippen molar-refractivity contribution in [1.29, 1.82) is 0 Å². The number of hydrogen-bond donors (Lipinski definition) is 0. The van der Waals surface area contributed by atoms with Crippen molar-refractivity contribution >= 4 is 17.8 Å². The van der Waals surface area contributed by atoms with Gasteiger partial charge < -0.3 is 14.5 Å². The second-order valence-corrected chi connectivity index (χ2v) is 6.40. The second kappa shape index (κ2) is 8.31. The zero-order chi connectivity index (χ0) is 16.8. The highest BCUT2D eigenvalue weighted by atomic mass is 16.5. The maximum Gasteiger partial charge on any atom is 0.312 e. The summed E-state index contributed by atoms with van der Waals surface area (Å²) < 4.78 is 5.05. The molecular formula is C17H28N2O4. The lowest BCUT2D eigenvalue weighted by Crippen LogP contribution is -2.53. The zero-order valence-electron chi connectivity index (χ0n) is 14.3. The molecule has 2 saturated heterocycles. The number of carbonyl (C=O) groups is 3. The van der Waals surface area contributed by atoms with Gasteiger partial charge in [-0.1, -0.05) is 6.92 Å². The van der Waals surface area contributed by atoms with E-state index < -0.39 is 11.8 Å². The minimum Gasteiger partial charge on any atom is -0.466 e. The first-order valence-electron chi connectivity index (χ1n) is 8.85. The predicted molar refractivity (Wildman–Crippen MR) is 85.6 cm³/mol. The van der Waals surface area contributed by atoms with Crippen LogP contribution < -0.4 is 0 Å². The van der Waals surface area contributed by atoms with Gasteiger partial charge in [0.2, 0.25) is 0 Å². The van der Waals surface area contributed by atoms with Gasteiger partial charge in [-0.3, -0.25) is 14.4 Å². The van der Waals surface area contributed by atoms with Crippen molar-refractivity contribution in [3.8, 4) is 0 Å². The summed E-state index contributed by atoms with van der Waals surface area (Å²) in [7, 11) is 0. The third-order valence-electron chi connectivity index (χ3n) is 4.87. The van der Waals surface area contributed by atoms with Gasteiger partial charge >= 0.3 is 17.8 Å². The monoisotopic (exact) mass is 324 g/mol. The molecule has 2 aliphatic heterocycles. The SMILES string of the molecule is CCOC(=O)C1CCCN(C(=O)C(=O)N2CCCCC2CC)C1. The van der Waals surface area contributed by atoms with Gasteiger partial charge in [0.15, 0.2) is 0 Å². The molecule has 0 saturated carbocycles. The Morgan fingerprint density at radius 3 is 2.48 bits per heavy atom. The Morgan fingerprint density at radius 2 is 1.78 bits per heavy atom. The molecule has 0 spiro atoms. The van der Waals surface area contributed by atoms with Crippen LogP contribution in [0.1, 0.15) is 52.4 Å². The molecule has 0 N–H and O–H groups in total. The number of esters is 1. The van der Waals surface area contributed by atoms with Crippen LogP contribution in [0.15, 0.2) is 0 Å². The van der Waals surface area contributed by atoms with E-state index in [1.165, 1.54) is 4.90 Å². The number of piperidine rings is 2. The molecule has 6 nitrogen and oxygen atoms in total. The fourth-order valence-electron chi connectivity index (χ4n) is 3.56. The van der Waals surface area contributed by atoms with Gasteiger partial charge in [0.1, 0.15) is 0 Å². The van der Waals surface area contributed by atoms with Crippen LogP contribution in [-0.2, 0) is 19.1 Å². The fraction of sp³-hybridized carbons (Fsp3) is 0.824. The summed E-state index contributed by atoms with van der Waals surface area (Å²) in [5.41, 5.74) is 0. The molecule has 2 aliphatic rings. The Morgan fingerprint density at radius 1 is 1.00 bits per heavy atom. The second-order valence-electron chi connectivity index (χ2n) is 6.40. The van der Waals surface area contributed by atoms with Gasteiger partial charge in [0.05, 0.1) is 12.5 Å². The first-order chi connectivity index (χ1) is 11.1. The maximum absolute atomic E-state index is 12.6. The smallest absolute Gasteiger partial charge is 0.312 e. The third-order valence-corrected chi connectivity index (χ3v) is 4.87. The topological polar surface area (TPSA) is 66.9 Å². The van der Waals surface area contributed by atoms with Crippen molar-refractivity contribution in [1.82, 2.24) is 9.80 Å². The molecule has 0 aliphatic carbocycles. The Balaban J connectivity index is 1.98. The van der Waals surface area contributed by atoms with Gasteiger partial charge in [-0.15, -0.1) is 0 Å². The van der Waals surface area contributed by atoms with Crippen LogP contribution in [0.4, 0.5) is 0 Å². The Labute approximate surface area is 138 Å². The quantitative estimate of drug-likeness (QED) is 0.584. The van der Waals surface area contributed by atoms with Crippen molar-refractivity contribution in [3.05, 3.63) is 0 Å². The molecule has 2 heterocycles. The fourth-order valence-corrected chi connectivity index (χ4v) is 3.56. The number of nitrogens with zero attached hydrogens (tertiary/aromatic N) is 2. The van der Waals surface area contributed by atoms with E-state index in [0.717, 1.165) is 38.5 Å². The van der Waals surface area contributed by atoms with Crippen LogP contribution in [0, 0.1) is 5.92 Å². The molecular weight excluding hydrogens is 296 g/mol. The molecule has 0 aromatic heterocycles. The van der Waals surface area contributed by atoms with Crippen molar-refractivity contribution in [2.75, 3.05) is 26.2 Å². The summed E-state index contributed by atoms with van der Waals surface area (Å²) in [6, 6.07) is 0.172. The molecule has 2 amide bonds. The molecule has 0 radical (unpaired) electrons. The van der Waals surface area contributed by atoms with Gasteiger partial charge in [0.25, 0.3) is 0 Å². The Hall–Kier alpha value is -1.59. The Bertz CT molecular complexity index is 452. The van der Waals surface area contributed by atoms with Gasteiger partial charge in [0, 0.05) is 25.7 Å². The van der Waals surface area contributed by atoms with Crippen molar-refractivity contribution in [2.24, 2.45) is 5.92 Å². The summed E-state index contributed by atoms with van der Waals surface area (Å²) in [6.07, 6.45) is 5.38. The highest BCUT2D eigenvalue weighted by Crippen LogP contribution is 2.22. The van der Waals surface area contributed by atoms with E-state index in [4.69, 9.17) is 4.74 Å². The van der Waals surface area contributed by atoms with Crippen LogP contribution in [0.25, 0.3) is 0 Å². The lowest BCUT2D eigenvalue weighted by molar-refractivity contribution is -0.158. The molecule has 2 fully saturated rings. The predicted octanol–water partition coefficient (Wildman–Crippen LogP) is 1.58. The first-order valence-corrected chi connectivity index (χ1v) is 8.85. The van der Waals surface area contributed by atoms with Gasteiger partial charge in [-0.05, 0) is 45.4 Å². The van der Waals surface area contributed by atoms with Crippen LogP contribution in [-0.4, -0.2) is 59.9 Å². The molecule has 23 heavy (non-hydrogen) atoms. The van der Waals surface area contributed by atoms with Crippen LogP contribution in [0.3, 0.4) is 0 Å². The van der Waals surface area contributed by atoms with Crippen LogP contribution >= 0.6 is 0 Å². The Kier molecular flexibility index (Phi) is 6.42. The van der Waals surface area contributed by atoms with E-state index in [0.29, 0.717) is 26.2 Å². The minimum absolute atomic E-state index is 0.172. The van der Waals surface area contributed by atoms with Crippen LogP contribution in [0.5, 0.6) is 0 Å². The minimum atomic E-state index is -0.459. The van der Waals surface area contributed by atoms with E-state index in [2.05, 4.69) is 6.92 Å². The molecule has 6 heteroatoms. The van der Waals surface area contributed by atoms with E-state index in [9.17, 15) is 14.4 Å². The standard InChI is InChI=1S/C17H28N2O4/c1-3-14-9-5-6-11-19(14)16(21)15(20)18-10-7-8-13(12-18)17(22)23-4-2/h13-14H,3-12H2,1-2H3. The highest BCUT2D eigenvalue weighted by molar-refractivity contribution is 6.35. The summed E-state index contributed by atoms with van der Waals surface area (Å²) >= 11 is 0. The van der Waals surface area contributed by atoms with Crippen molar-refractivity contribution in [2.45, 2.75) is 58.4 Å². The number of rotatable bonds is 3. The average Bonchev–Trinajstić information content (AvgIpc) is 2.60. The van der Waals surface area contributed by atoms with Crippen LogP contribution in [0.2, 0.25) is 0 Å². The lowest BCUT2D eigenvalue weighted by Gasteiger charge is -2.37. The molecule has 2 unspecified atom stereocenters. The number of likely N-dealkylation sites (tertiary alicyclic amines) is 2. The average molecular weight is 324 g/mol. The number of hydrogen-bond acceptors (Lipinski definition) is 4. The third kappa shape index (κ3) is 4.24. The largest absolute Gasteiger partial charge is 0.466 e. The molecule has 130 valence electrons. The van der Waals surface area contributed by atoms with E-state index in [1.54, 1.807) is 11.8 Å². The maximum atomic E-state index is 12.6. The molecule has 0 bridgehead atoms. The lowest BCUT2D eigenvalue weighted by atomic mass is 9.97. The number of amides is 2. The summed E-state index contributed by atoms with van der Waals surface area (Å²) in [5, 5.41) is 0. The van der Waals surface area contributed by atoms with E-state index >= 15 is 0 Å².